The Kier molecular flexibility index (Phi) is 7.67. The zero-order valence-corrected chi connectivity index (χ0v) is 16.6. The largest absolute Gasteiger partial charge is 0.484 e. The first kappa shape index (κ1) is 20.8. The molecule has 5 nitrogen and oxygen atoms in total. The maximum Gasteiger partial charge on any atom is 0.261 e. The molecule has 6 heteroatoms. The highest BCUT2D eigenvalue weighted by atomic mass is 35.5. The van der Waals surface area contributed by atoms with Gasteiger partial charge in [-0.05, 0) is 37.1 Å². The van der Waals surface area contributed by atoms with Gasteiger partial charge in [0.05, 0.1) is 0 Å². The molecular weight excluding hydrogens is 364 g/mol. The van der Waals surface area contributed by atoms with Crippen molar-refractivity contribution in [1.29, 1.82) is 0 Å². The topological polar surface area (TPSA) is 58.6 Å². The lowest BCUT2D eigenvalue weighted by molar-refractivity contribution is -0.142. The van der Waals surface area contributed by atoms with E-state index in [1.165, 1.54) is 0 Å². The zero-order chi connectivity index (χ0) is 19.8. The Labute approximate surface area is 165 Å². The van der Waals surface area contributed by atoms with Crippen molar-refractivity contribution in [3.05, 3.63) is 64.7 Å². The molecule has 2 rings (SSSR count). The lowest BCUT2D eigenvalue weighted by atomic mass is 10.1. The number of carbonyl (C=O) groups is 2. The van der Waals surface area contributed by atoms with Crippen LogP contribution in [0.4, 0.5) is 0 Å². The maximum atomic E-state index is 12.9. The highest BCUT2D eigenvalue weighted by Crippen LogP contribution is 2.18. The molecule has 0 aromatic heterocycles. The summed E-state index contributed by atoms with van der Waals surface area (Å²) >= 11 is 5.95. The Morgan fingerprint density at radius 3 is 2.56 bits per heavy atom. The molecule has 0 radical (unpaired) electrons. The van der Waals surface area contributed by atoms with Gasteiger partial charge in [-0.25, -0.2) is 0 Å². The van der Waals surface area contributed by atoms with E-state index >= 15 is 0 Å². The summed E-state index contributed by atoms with van der Waals surface area (Å²) in [5, 5.41) is 3.17. The van der Waals surface area contributed by atoms with Crippen molar-refractivity contribution < 1.29 is 14.3 Å². The van der Waals surface area contributed by atoms with Gasteiger partial charge >= 0.3 is 0 Å². The average molecular weight is 389 g/mol. The van der Waals surface area contributed by atoms with E-state index in [9.17, 15) is 9.59 Å². The molecule has 0 fully saturated rings. The van der Waals surface area contributed by atoms with Crippen LogP contribution in [0.5, 0.6) is 5.75 Å². The van der Waals surface area contributed by atoms with Gasteiger partial charge in [0.15, 0.2) is 6.61 Å². The fourth-order valence-electron chi connectivity index (χ4n) is 2.88. The van der Waals surface area contributed by atoms with Gasteiger partial charge in [0.1, 0.15) is 11.8 Å². The minimum atomic E-state index is -0.564. The number of amides is 2. The molecule has 2 aromatic carbocycles. The molecule has 0 spiro atoms. The number of carbonyl (C=O) groups excluding carboxylic acids is 2. The Bertz CT molecular complexity index is 795. The highest BCUT2D eigenvalue weighted by Gasteiger charge is 2.28. The molecule has 0 heterocycles. The average Bonchev–Trinajstić information content (AvgIpc) is 2.65. The number of likely N-dealkylation sites (N-methyl/N-ethyl adjacent to an activating group) is 1. The second kappa shape index (κ2) is 9.97. The number of nitrogens with one attached hydrogen (secondary N) is 1. The smallest absolute Gasteiger partial charge is 0.261 e. The summed E-state index contributed by atoms with van der Waals surface area (Å²) in [6.45, 7) is 4.05. The number of halogens is 1. The van der Waals surface area contributed by atoms with Gasteiger partial charge in [-0.2, -0.15) is 0 Å². The van der Waals surface area contributed by atoms with Crippen molar-refractivity contribution in [2.75, 3.05) is 13.7 Å². The van der Waals surface area contributed by atoms with Gasteiger partial charge in [-0.1, -0.05) is 54.4 Å². The third-order valence-corrected chi connectivity index (χ3v) is 4.46. The Morgan fingerprint density at radius 2 is 1.93 bits per heavy atom. The van der Waals surface area contributed by atoms with Crippen molar-refractivity contribution in [3.63, 3.8) is 0 Å². The maximum absolute atomic E-state index is 12.9. The van der Waals surface area contributed by atoms with Gasteiger partial charge in [0.2, 0.25) is 5.91 Å². The van der Waals surface area contributed by atoms with Crippen LogP contribution in [0.25, 0.3) is 0 Å². The van der Waals surface area contributed by atoms with E-state index in [0.29, 0.717) is 23.7 Å². The summed E-state index contributed by atoms with van der Waals surface area (Å²) in [7, 11) is 1.57. The molecule has 2 amide bonds. The quantitative estimate of drug-likeness (QED) is 0.751. The number of hydrogen-bond donors (Lipinski definition) is 1. The van der Waals surface area contributed by atoms with Crippen molar-refractivity contribution in [3.8, 4) is 5.75 Å². The molecule has 1 atom stereocenters. The molecule has 144 valence electrons. The second-order valence-electron chi connectivity index (χ2n) is 6.30. The number of hydrogen-bond acceptors (Lipinski definition) is 3. The van der Waals surface area contributed by atoms with Crippen LogP contribution < -0.4 is 10.1 Å². The molecular formula is C21H25ClN2O3. The molecule has 1 N–H and O–H groups in total. The number of aryl methyl sites for hydroxylation is 1. The second-order valence-corrected chi connectivity index (χ2v) is 6.73. The monoisotopic (exact) mass is 388 g/mol. The number of benzene rings is 2. The van der Waals surface area contributed by atoms with Crippen LogP contribution in [0.2, 0.25) is 5.02 Å². The van der Waals surface area contributed by atoms with Crippen LogP contribution in [0.1, 0.15) is 24.5 Å². The predicted octanol–water partition coefficient (Wildman–Crippen LogP) is 3.58. The van der Waals surface area contributed by atoms with Crippen molar-refractivity contribution in [2.45, 2.75) is 32.9 Å². The first-order valence-electron chi connectivity index (χ1n) is 8.89. The van der Waals surface area contributed by atoms with Crippen LogP contribution in [0.3, 0.4) is 0 Å². The zero-order valence-electron chi connectivity index (χ0n) is 15.9. The van der Waals surface area contributed by atoms with Gasteiger partial charge in [-0.3, -0.25) is 9.59 Å². The number of ether oxygens (including phenoxy) is 1. The Hall–Kier alpha value is -2.53. The van der Waals surface area contributed by atoms with Crippen LogP contribution in [0, 0.1) is 6.92 Å². The first-order chi connectivity index (χ1) is 12.9. The summed E-state index contributed by atoms with van der Waals surface area (Å²) in [5.41, 5.74) is 2.07. The number of nitrogens with zero attached hydrogens (tertiary/aromatic N) is 1. The molecule has 2 aromatic rings. The van der Waals surface area contributed by atoms with E-state index in [1.807, 2.05) is 38.1 Å². The summed E-state index contributed by atoms with van der Waals surface area (Å²) in [6, 6.07) is 14.2. The number of rotatable bonds is 8. The molecule has 0 aliphatic carbocycles. The normalized spacial score (nSPS) is 11.6. The van der Waals surface area contributed by atoms with Gasteiger partial charge in [-0.15, -0.1) is 0 Å². The Balaban J connectivity index is 2.18. The summed E-state index contributed by atoms with van der Waals surface area (Å²) in [5.74, 6) is 0.0625. The lowest BCUT2D eigenvalue weighted by Gasteiger charge is -2.30. The summed E-state index contributed by atoms with van der Waals surface area (Å²) < 4.78 is 5.59. The highest BCUT2D eigenvalue weighted by molar-refractivity contribution is 6.30. The minimum absolute atomic E-state index is 0.167. The van der Waals surface area contributed by atoms with Crippen molar-refractivity contribution in [1.82, 2.24) is 10.2 Å². The molecule has 0 saturated carbocycles. The van der Waals surface area contributed by atoms with E-state index in [0.717, 1.165) is 11.1 Å². The van der Waals surface area contributed by atoms with E-state index in [2.05, 4.69) is 5.32 Å². The SMILES string of the molecule is CCC(C(=O)NC)N(Cc1cccc(C)c1)C(=O)COc1cccc(Cl)c1. The molecule has 27 heavy (non-hydrogen) atoms. The van der Waals surface area contributed by atoms with E-state index in [1.54, 1.807) is 36.2 Å². The standard InChI is InChI=1S/C21H25ClN2O3/c1-4-19(21(26)23-3)24(13-16-8-5-7-15(2)11-16)20(25)14-27-18-10-6-9-17(22)12-18/h5-12,19H,4,13-14H2,1-3H3,(H,23,26). The first-order valence-corrected chi connectivity index (χ1v) is 9.27. The van der Waals surface area contributed by atoms with E-state index in [-0.39, 0.29) is 18.4 Å². The lowest BCUT2D eigenvalue weighted by Crippen LogP contribution is -2.49. The van der Waals surface area contributed by atoms with Crippen molar-refractivity contribution in [2.24, 2.45) is 0 Å². The summed E-state index contributed by atoms with van der Waals surface area (Å²) in [4.78, 5) is 26.8. The molecule has 0 saturated heterocycles. The Morgan fingerprint density at radius 1 is 1.19 bits per heavy atom. The predicted molar refractivity (Wildman–Crippen MR) is 107 cm³/mol. The fraction of sp³-hybridized carbons (Fsp3) is 0.333. The minimum Gasteiger partial charge on any atom is -0.484 e. The van der Waals surface area contributed by atoms with Gasteiger partial charge in [0.25, 0.3) is 5.91 Å². The van der Waals surface area contributed by atoms with E-state index < -0.39 is 6.04 Å². The van der Waals surface area contributed by atoms with E-state index in [4.69, 9.17) is 16.3 Å². The van der Waals surface area contributed by atoms with Gasteiger partial charge < -0.3 is 15.0 Å². The molecule has 0 aliphatic heterocycles. The molecule has 0 aliphatic rings. The van der Waals surface area contributed by atoms with Crippen LogP contribution in [0.15, 0.2) is 48.5 Å². The molecule has 1 unspecified atom stereocenters. The van der Waals surface area contributed by atoms with Crippen LogP contribution >= 0.6 is 11.6 Å². The molecule has 0 bridgehead atoms. The van der Waals surface area contributed by atoms with Crippen LogP contribution in [-0.2, 0) is 16.1 Å². The summed E-state index contributed by atoms with van der Waals surface area (Å²) in [6.07, 6.45) is 0.508. The fourth-order valence-corrected chi connectivity index (χ4v) is 3.06. The van der Waals surface area contributed by atoms with Crippen molar-refractivity contribution >= 4 is 23.4 Å². The third kappa shape index (κ3) is 6.00. The van der Waals surface area contributed by atoms with Gasteiger partial charge in [0, 0.05) is 18.6 Å². The third-order valence-electron chi connectivity index (χ3n) is 4.23. The van der Waals surface area contributed by atoms with Crippen LogP contribution in [-0.4, -0.2) is 36.4 Å².